The summed E-state index contributed by atoms with van der Waals surface area (Å²) in [5.41, 5.74) is 10.8. The molecule has 0 aliphatic carbocycles. The summed E-state index contributed by atoms with van der Waals surface area (Å²) < 4.78 is 13.2. The summed E-state index contributed by atoms with van der Waals surface area (Å²) in [6.45, 7) is 7.29. The fraction of sp³-hybridized carbons (Fsp3) is 0.278. The highest BCUT2D eigenvalue weighted by Gasteiger charge is 2.20. The van der Waals surface area contributed by atoms with E-state index in [-0.39, 0.29) is 12.4 Å². The molecule has 2 aliphatic rings. The predicted octanol–water partition coefficient (Wildman–Crippen LogP) is 5.22. The monoisotopic (exact) mass is 660 g/mol. The number of pyridine rings is 1. The van der Waals surface area contributed by atoms with Gasteiger partial charge in [0.15, 0.2) is 22.5 Å². The Morgan fingerprint density at radius 3 is 2.65 bits per heavy atom. The summed E-state index contributed by atoms with van der Waals surface area (Å²) in [7, 11) is 2.15. The molecule has 48 heavy (non-hydrogen) atoms. The van der Waals surface area contributed by atoms with Crippen molar-refractivity contribution in [2.45, 2.75) is 29.9 Å². The maximum absolute atomic E-state index is 13.1. The fourth-order valence-electron chi connectivity index (χ4n) is 6.03. The number of nitrogens with one attached hydrogen (secondary N) is 1. The standard InChI is InChI=1S/C36H36N8O3S/c1-23-16-30-31(47-22-46-30)20-32(23)48-36-41-33-29(8-10-39-34(33)38)44(36)11-3-9-40-35(45)27(21-37)18-24-4-5-26-19-28(7-6-25(26)17-24)43-14-12-42(2)13-15-43/h4-8,10,16-20H,3,9,11-15,22H2,1-2H3,(H2,38,39)(H,40,45)/b27-18+. The number of nitrogens with two attached hydrogens (primary N) is 1. The van der Waals surface area contributed by atoms with Crippen molar-refractivity contribution in [3.05, 3.63) is 77.5 Å². The van der Waals surface area contributed by atoms with Crippen molar-refractivity contribution in [1.29, 1.82) is 5.26 Å². The molecule has 7 rings (SSSR count). The molecule has 0 unspecified atom stereocenters. The molecule has 11 nitrogen and oxygen atoms in total. The van der Waals surface area contributed by atoms with Crippen LogP contribution in [0.25, 0.3) is 27.9 Å². The average molecular weight is 661 g/mol. The third-order valence-corrected chi connectivity index (χ3v) is 9.92. The Kier molecular flexibility index (Phi) is 8.80. The van der Waals surface area contributed by atoms with Crippen LogP contribution in [0.4, 0.5) is 11.5 Å². The van der Waals surface area contributed by atoms with Crippen LogP contribution in [0.5, 0.6) is 11.5 Å². The van der Waals surface area contributed by atoms with Gasteiger partial charge in [0.05, 0.1) is 5.52 Å². The molecule has 0 spiro atoms. The van der Waals surface area contributed by atoms with Crippen LogP contribution in [0.15, 0.2) is 76.4 Å². The molecule has 3 aromatic carbocycles. The van der Waals surface area contributed by atoms with Gasteiger partial charge in [-0.05, 0) is 84.8 Å². The van der Waals surface area contributed by atoms with E-state index >= 15 is 0 Å². The van der Waals surface area contributed by atoms with Gasteiger partial charge in [0.1, 0.15) is 17.2 Å². The van der Waals surface area contributed by atoms with Crippen molar-refractivity contribution in [3.63, 3.8) is 0 Å². The molecular formula is C36H36N8O3S. The number of rotatable bonds is 9. The van der Waals surface area contributed by atoms with Crippen molar-refractivity contribution in [2.75, 3.05) is 57.2 Å². The van der Waals surface area contributed by atoms with Gasteiger partial charge in [0, 0.05) is 56.0 Å². The van der Waals surface area contributed by atoms with Gasteiger partial charge in [-0.3, -0.25) is 4.79 Å². The van der Waals surface area contributed by atoms with Crippen LogP contribution in [0.3, 0.4) is 0 Å². The van der Waals surface area contributed by atoms with Crippen LogP contribution in [0, 0.1) is 18.3 Å². The lowest BCUT2D eigenvalue weighted by atomic mass is 10.0. The zero-order chi connectivity index (χ0) is 33.2. The van der Waals surface area contributed by atoms with E-state index in [1.54, 1.807) is 12.3 Å². The van der Waals surface area contributed by atoms with Crippen molar-refractivity contribution >= 4 is 57.1 Å². The number of likely N-dealkylation sites (N-methyl/N-ethyl adjacent to an activating group) is 1. The second kappa shape index (κ2) is 13.5. The van der Waals surface area contributed by atoms with Crippen molar-refractivity contribution in [2.24, 2.45) is 0 Å². The number of piperazine rings is 1. The summed E-state index contributed by atoms with van der Waals surface area (Å²) in [6.07, 6.45) is 3.92. The van der Waals surface area contributed by atoms with E-state index in [1.165, 1.54) is 17.4 Å². The largest absolute Gasteiger partial charge is 0.454 e. The van der Waals surface area contributed by atoms with Crippen molar-refractivity contribution < 1.29 is 14.3 Å². The molecule has 2 aliphatic heterocycles. The quantitative estimate of drug-likeness (QED) is 0.123. The Morgan fingerprint density at radius 1 is 1.06 bits per heavy atom. The summed E-state index contributed by atoms with van der Waals surface area (Å²) >= 11 is 1.51. The lowest BCUT2D eigenvalue weighted by molar-refractivity contribution is -0.117. The maximum Gasteiger partial charge on any atom is 0.261 e. The number of nitriles is 1. The minimum absolute atomic E-state index is 0.0601. The van der Waals surface area contributed by atoms with E-state index < -0.39 is 5.91 Å². The van der Waals surface area contributed by atoms with E-state index in [1.807, 2.05) is 43.3 Å². The van der Waals surface area contributed by atoms with Crippen LogP contribution in [0.2, 0.25) is 0 Å². The summed E-state index contributed by atoms with van der Waals surface area (Å²) in [5.74, 6) is 1.39. The Bertz CT molecular complexity index is 2100. The van der Waals surface area contributed by atoms with Crippen LogP contribution in [0.1, 0.15) is 17.5 Å². The number of aryl methyl sites for hydroxylation is 2. The molecular weight excluding hydrogens is 625 g/mol. The number of hydrogen-bond acceptors (Lipinski definition) is 10. The van der Waals surface area contributed by atoms with Gasteiger partial charge in [-0.2, -0.15) is 5.26 Å². The van der Waals surface area contributed by atoms with Crippen molar-refractivity contribution in [3.8, 4) is 17.6 Å². The van der Waals surface area contributed by atoms with E-state index in [9.17, 15) is 10.1 Å². The summed E-state index contributed by atoms with van der Waals surface area (Å²) in [5, 5.41) is 15.7. The molecule has 1 amide bonds. The lowest BCUT2D eigenvalue weighted by Crippen LogP contribution is -2.44. The minimum atomic E-state index is -0.405. The number of imidazole rings is 1. The Hall–Kier alpha value is -5.25. The minimum Gasteiger partial charge on any atom is -0.454 e. The number of ether oxygens (including phenoxy) is 2. The number of hydrogen-bond donors (Lipinski definition) is 2. The zero-order valence-electron chi connectivity index (χ0n) is 26.9. The van der Waals surface area contributed by atoms with Crippen LogP contribution >= 0.6 is 11.8 Å². The van der Waals surface area contributed by atoms with E-state index in [0.29, 0.717) is 36.6 Å². The molecule has 0 bridgehead atoms. The maximum atomic E-state index is 13.1. The smallest absolute Gasteiger partial charge is 0.261 e. The SMILES string of the molecule is Cc1cc2c(cc1Sc1nc3c(N)nccc3n1CCCNC(=O)/C(C#N)=C/c1ccc3cc(N4CCN(C)CC4)ccc3c1)OCO2. The third kappa shape index (κ3) is 6.47. The molecule has 1 saturated heterocycles. The molecule has 0 atom stereocenters. The molecule has 3 N–H and O–H groups in total. The Balaban J connectivity index is 1.02. The number of amides is 1. The molecule has 12 heteroatoms. The van der Waals surface area contributed by atoms with E-state index in [4.69, 9.17) is 20.2 Å². The first-order valence-corrected chi connectivity index (χ1v) is 16.7. The second-order valence-electron chi connectivity index (χ2n) is 12.0. The van der Waals surface area contributed by atoms with E-state index in [2.05, 4.69) is 56.0 Å². The van der Waals surface area contributed by atoms with Gasteiger partial charge < -0.3 is 34.9 Å². The number of fused-ring (bicyclic) bond motifs is 3. The van der Waals surface area contributed by atoms with Gasteiger partial charge in [0.25, 0.3) is 5.91 Å². The number of nitrogens with zero attached hydrogens (tertiary/aromatic N) is 6. The van der Waals surface area contributed by atoms with Crippen LogP contribution < -0.4 is 25.4 Å². The molecule has 1 fully saturated rings. The van der Waals surface area contributed by atoms with Gasteiger partial charge >= 0.3 is 0 Å². The topological polar surface area (TPSA) is 135 Å². The predicted molar refractivity (Wildman–Crippen MR) is 188 cm³/mol. The molecule has 2 aromatic heterocycles. The zero-order valence-corrected chi connectivity index (χ0v) is 27.7. The first-order valence-electron chi connectivity index (χ1n) is 15.9. The lowest BCUT2D eigenvalue weighted by Gasteiger charge is -2.34. The van der Waals surface area contributed by atoms with Gasteiger partial charge in [-0.25, -0.2) is 9.97 Å². The summed E-state index contributed by atoms with van der Waals surface area (Å²) in [4.78, 5) is 27.8. The highest BCUT2D eigenvalue weighted by Crippen LogP contribution is 2.41. The second-order valence-corrected chi connectivity index (χ2v) is 13.1. The first-order chi connectivity index (χ1) is 23.4. The molecule has 4 heterocycles. The average Bonchev–Trinajstić information content (AvgIpc) is 3.70. The van der Waals surface area contributed by atoms with E-state index in [0.717, 1.165) is 69.4 Å². The highest BCUT2D eigenvalue weighted by molar-refractivity contribution is 7.99. The summed E-state index contributed by atoms with van der Waals surface area (Å²) in [6, 6.07) is 20.4. The van der Waals surface area contributed by atoms with Gasteiger partial charge in [-0.15, -0.1) is 0 Å². The fourth-order valence-corrected chi connectivity index (χ4v) is 7.05. The molecule has 0 saturated carbocycles. The van der Waals surface area contributed by atoms with Crippen molar-refractivity contribution in [1.82, 2.24) is 24.8 Å². The van der Waals surface area contributed by atoms with Gasteiger partial charge in [0.2, 0.25) is 6.79 Å². The van der Waals surface area contributed by atoms with Crippen LogP contribution in [-0.2, 0) is 11.3 Å². The van der Waals surface area contributed by atoms with Crippen LogP contribution in [-0.4, -0.2) is 71.9 Å². The number of nitrogen functional groups attached to an aromatic ring is 1. The number of carbonyl (C=O) groups excluding carboxylic acids is 1. The normalized spacial score (nSPS) is 14.9. The number of aromatic nitrogens is 3. The number of benzene rings is 3. The first kappa shape index (κ1) is 31.4. The molecule has 5 aromatic rings. The Morgan fingerprint density at radius 2 is 1.83 bits per heavy atom. The molecule has 244 valence electrons. The van der Waals surface area contributed by atoms with Gasteiger partial charge in [-0.1, -0.05) is 30.0 Å². The number of anilines is 2. The Labute approximate surface area is 282 Å². The number of carbonyl (C=O) groups is 1. The highest BCUT2D eigenvalue weighted by atomic mass is 32.2. The molecule has 0 radical (unpaired) electrons. The third-order valence-electron chi connectivity index (χ3n) is 8.77.